The Hall–Kier alpha value is -1.33. The normalized spacial score (nSPS) is 11.4. The number of rotatable bonds is 4. The molecule has 0 bridgehead atoms. The fourth-order valence-electron chi connectivity index (χ4n) is 1.71. The molecule has 1 rings (SSSR count). The molecule has 2 nitrogen and oxygen atoms in total. The fourth-order valence-corrected chi connectivity index (χ4v) is 1.94. The molecular weight excluding hydrogens is 236 g/mol. The highest BCUT2D eigenvalue weighted by Gasteiger charge is 2.11. The second kappa shape index (κ2) is 6.42. The van der Waals surface area contributed by atoms with E-state index in [1.54, 1.807) is 20.3 Å². The van der Waals surface area contributed by atoms with Crippen molar-refractivity contribution in [2.45, 2.75) is 20.3 Å². The van der Waals surface area contributed by atoms with Gasteiger partial charge in [0.1, 0.15) is 11.5 Å². The molecule has 92 valence electrons. The number of hydrogen-bond acceptors (Lipinski definition) is 2. The van der Waals surface area contributed by atoms with Gasteiger partial charge in [0.05, 0.1) is 19.2 Å². The Labute approximate surface area is 108 Å². The summed E-state index contributed by atoms with van der Waals surface area (Å²) in [7, 11) is 3.24. The van der Waals surface area contributed by atoms with Crippen LogP contribution in [0.2, 0.25) is 5.02 Å². The predicted octanol–water partition coefficient (Wildman–Crippen LogP) is 3.56. The summed E-state index contributed by atoms with van der Waals surface area (Å²) < 4.78 is 10.5. The van der Waals surface area contributed by atoms with Crippen LogP contribution in [0.15, 0.2) is 12.1 Å². The van der Waals surface area contributed by atoms with E-state index in [0.717, 1.165) is 17.7 Å². The SMILES string of the molecule is CC#CC(C)Cc1cc(OC)c(Cl)cc1OC. The van der Waals surface area contributed by atoms with E-state index in [4.69, 9.17) is 21.1 Å². The van der Waals surface area contributed by atoms with Crippen molar-refractivity contribution >= 4 is 11.6 Å². The summed E-state index contributed by atoms with van der Waals surface area (Å²) in [6.07, 6.45) is 0.817. The van der Waals surface area contributed by atoms with E-state index in [-0.39, 0.29) is 5.92 Å². The van der Waals surface area contributed by atoms with Crippen molar-refractivity contribution in [3.05, 3.63) is 22.7 Å². The smallest absolute Gasteiger partial charge is 0.137 e. The zero-order valence-corrected chi connectivity index (χ0v) is 11.4. The van der Waals surface area contributed by atoms with Crippen LogP contribution < -0.4 is 9.47 Å². The zero-order valence-electron chi connectivity index (χ0n) is 10.6. The van der Waals surface area contributed by atoms with Gasteiger partial charge in [-0.3, -0.25) is 0 Å². The van der Waals surface area contributed by atoms with E-state index in [1.807, 2.05) is 13.0 Å². The lowest BCUT2D eigenvalue weighted by Gasteiger charge is -2.13. The second-order valence-corrected chi connectivity index (χ2v) is 4.21. The monoisotopic (exact) mass is 252 g/mol. The molecule has 0 saturated heterocycles. The summed E-state index contributed by atoms with van der Waals surface area (Å²) >= 11 is 6.05. The summed E-state index contributed by atoms with van der Waals surface area (Å²) in [6, 6.07) is 3.69. The number of halogens is 1. The molecule has 0 aliphatic rings. The molecule has 0 fully saturated rings. The highest BCUT2D eigenvalue weighted by atomic mass is 35.5. The summed E-state index contributed by atoms with van der Waals surface area (Å²) in [5.41, 5.74) is 1.06. The average Bonchev–Trinajstić information content (AvgIpc) is 2.31. The molecule has 0 aliphatic carbocycles. The summed E-state index contributed by atoms with van der Waals surface area (Å²) in [4.78, 5) is 0. The summed E-state index contributed by atoms with van der Waals surface area (Å²) in [6.45, 7) is 3.92. The molecule has 0 saturated carbocycles. The van der Waals surface area contributed by atoms with Crippen LogP contribution in [0.1, 0.15) is 19.4 Å². The largest absolute Gasteiger partial charge is 0.496 e. The van der Waals surface area contributed by atoms with Gasteiger partial charge in [0.15, 0.2) is 0 Å². The molecule has 3 heteroatoms. The first-order valence-electron chi connectivity index (χ1n) is 5.45. The van der Waals surface area contributed by atoms with Crippen molar-refractivity contribution in [1.82, 2.24) is 0 Å². The van der Waals surface area contributed by atoms with Gasteiger partial charge in [0.2, 0.25) is 0 Å². The van der Waals surface area contributed by atoms with Crippen LogP contribution in [0, 0.1) is 17.8 Å². The topological polar surface area (TPSA) is 18.5 Å². The standard InChI is InChI=1S/C14H17ClO2/c1-5-6-10(2)7-11-8-14(17-4)12(15)9-13(11)16-3/h8-10H,7H2,1-4H3. The first-order chi connectivity index (χ1) is 8.12. The van der Waals surface area contributed by atoms with Gasteiger partial charge in [-0.15, -0.1) is 11.8 Å². The van der Waals surface area contributed by atoms with E-state index in [0.29, 0.717) is 10.8 Å². The van der Waals surface area contributed by atoms with Crippen LogP contribution >= 0.6 is 11.6 Å². The Morgan fingerprint density at radius 1 is 1.24 bits per heavy atom. The van der Waals surface area contributed by atoms with E-state index >= 15 is 0 Å². The highest BCUT2D eigenvalue weighted by Crippen LogP contribution is 2.33. The Kier molecular flexibility index (Phi) is 5.18. The molecule has 0 radical (unpaired) electrons. The average molecular weight is 253 g/mol. The van der Waals surface area contributed by atoms with Gasteiger partial charge in [-0.1, -0.05) is 18.5 Å². The third kappa shape index (κ3) is 3.57. The lowest BCUT2D eigenvalue weighted by molar-refractivity contribution is 0.397. The number of benzene rings is 1. The molecule has 1 aromatic rings. The third-order valence-electron chi connectivity index (χ3n) is 2.47. The minimum Gasteiger partial charge on any atom is -0.496 e. The van der Waals surface area contributed by atoms with Gasteiger partial charge in [-0.2, -0.15) is 0 Å². The quantitative estimate of drug-likeness (QED) is 0.763. The van der Waals surface area contributed by atoms with Gasteiger partial charge >= 0.3 is 0 Å². The van der Waals surface area contributed by atoms with E-state index in [2.05, 4.69) is 18.8 Å². The molecule has 1 atom stereocenters. The van der Waals surface area contributed by atoms with E-state index < -0.39 is 0 Å². The zero-order chi connectivity index (χ0) is 12.8. The van der Waals surface area contributed by atoms with Crippen molar-refractivity contribution in [1.29, 1.82) is 0 Å². The molecule has 0 spiro atoms. The van der Waals surface area contributed by atoms with Crippen LogP contribution in [-0.2, 0) is 6.42 Å². The molecule has 0 amide bonds. The molecule has 17 heavy (non-hydrogen) atoms. The summed E-state index contributed by atoms with van der Waals surface area (Å²) in [5.74, 6) is 7.76. The summed E-state index contributed by atoms with van der Waals surface area (Å²) in [5, 5.41) is 0.558. The van der Waals surface area contributed by atoms with Crippen molar-refractivity contribution < 1.29 is 9.47 Å². The number of hydrogen-bond donors (Lipinski definition) is 0. The fraction of sp³-hybridized carbons (Fsp3) is 0.429. The molecular formula is C14H17ClO2. The minimum atomic E-state index is 0.278. The van der Waals surface area contributed by atoms with E-state index in [9.17, 15) is 0 Å². The first kappa shape index (κ1) is 13.7. The maximum atomic E-state index is 6.05. The van der Waals surface area contributed by atoms with Gasteiger partial charge in [0, 0.05) is 12.0 Å². The van der Waals surface area contributed by atoms with Crippen molar-refractivity contribution in [3.8, 4) is 23.3 Å². The van der Waals surface area contributed by atoms with E-state index in [1.165, 1.54) is 0 Å². The molecule has 1 aromatic carbocycles. The Bertz CT molecular complexity index is 444. The number of ether oxygens (including phenoxy) is 2. The molecule has 0 aromatic heterocycles. The Morgan fingerprint density at radius 3 is 2.41 bits per heavy atom. The highest BCUT2D eigenvalue weighted by molar-refractivity contribution is 6.32. The second-order valence-electron chi connectivity index (χ2n) is 3.80. The van der Waals surface area contributed by atoms with Gasteiger partial charge in [-0.25, -0.2) is 0 Å². The molecule has 0 N–H and O–H groups in total. The Morgan fingerprint density at radius 2 is 1.88 bits per heavy atom. The maximum absolute atomic E-state index is 6.05. The minimum absolute atomic E-state index is 0.278. The molecule has 0 heterocycles. The van der Waals surface area contributed by atoms with Crippen LogP contribution in [0.4, 0.5) is 0 Å². The van der Waals surface area contributed by atoms with Crippen LogP contribution in [0.25, 0.3) is 0 Å². The van der Waals surface area contributed by atoms with Crippen LogP contribution in [-0.4, -0.2) is 14.2 Å². The van der Waals surface area contributed by atoms with Gasteiger partial charge < -0.3 is 9.47 Å². The van der Waals surface area contributed by atoms with Crippen molar-refractivity contribution in [3.63, 3.8) is 0 Å². The van der Waals surface area contributed by atoms with Crippen LogP contribution in [0.3, 0.4) is 0 Å². The first-order valence-corrected chi connectivity index (χ1v) is 5.82. The van der Waals surface area contributed by atoms with Crippen molar-refractivity contribution in [2.75, 3.05) is 14.2 Å². The van der Waals surface area contributed by atoms with Gasteiger partial charge in [0.25, 0.3) is 0 Å². The lowest BCUT2D eigenvalue weighted by Crippen LogP contribution is -2.00. The Balaban J connectivity index is 3.06. The predicted molar refractivity (Wildman–Crippen MR) is 70.9 cm³/mol. The van der Waals surface area contributed by atoms with Gasteiger partial charge in [-0.05, 0) is 25.0 Å². The maximum Gasteiger partial charge on any atom is 0.137 e. The van der Waals surface area contributed by atoms with Crippen molar-refractivity contribution in [2.24, 2.45) is 5.92 Å². The number of methoxy groups -OCH3 is 2. The molecule has 1 unspecified atom stereocenters. The molecule has 0 aliphatic heterocycles. The lowest BCUT2D eigenvalue weighted by atomic mass is 10.0. The third-order valence-corrected chi connectivity index (χ3v) is 2.77. The van der Waals surface area contributed by atoms with Crippen LogP contribution in [0.5, 0.6) is 11.5 Å².